The first-order valence-corrected chi connectivity index (χ1v) is 4.63. The number of carboxylic acid groups (broad SMARTS) is 1. The van der Waals surface area contributed by atoms with Crippen LogP contribution in [0.4, 0.5) is 10.5 Å². The van der Waals surface area contributed by atoms with Gasteiger partial charge in [-0.1, -0.05) is 12.1 Å². The van der Waals surface area contributed by atoms with Crippen LogP contribution in [0.3, 0.4) is 0 Å². The Morgan fingerprint density at radius 3 is 2.56 bits per heavy atom. The molecule has 0 unspecified atom stereocenters. The summed E-state index contributed by atoms with van der Waals surface area (Å²) in [5, 5.41) is 21.4. The van der Waals surface area contributed by atoms with Crippen LogP contribution >= 0.6 is 0 Å². The van der Waals surface area contributed by atoms with E-state index in [1.54, 1.807) is 36.4 Å². The zero-order valence-electron chi connectivity index (χ0n) is 8.27. The van der Waals surface area contributed by atoms with E-state index in [0.29, 0.717) is 11.3 Å². The van der Waals surface area contributed by atoms with Crippen molar-refractivity contribution in [2.75, 3.05) is 5.32 Å². The van der Waals surface area contributed by atoms with Crippen molar-refractivity contribution in [3.05, 3.63) is 42.0 Å². The Balaban J connectivity index is 2.48. The lowest BCUT2D eigenvalue weighted by Gasteiger charge is -2.03. The van der Waals surface area contributed by atoms with Gasteiger partial charge in [-0.3, -0.25) is 5.32 Å². The summed E-state index contributed by atoms with van der Waals surface area (Å²) in [6.07, 6.45) is -1.09. The average Bonchev–Trinajstić information content (AvgIpc) is 2.27. The van der Waals surface area contributed by atoms with Gasteiger partial charge in [-0.2, -0.15) is 5.26 Å². The molecular formula is C12H8N2O2. The molecule has 2 aromatic carbocycles. The average molecular weight is 212 g/mol. The molecule has 0 aliphatic heterocycles. The van der Waals surface area contributed by atoms with E-state index >= 15 is 0 Å². The van der Waals surface area contributed by atoms with Crippen molar-refractivity contribution in [1.82, 2.24) is 0 Å². The number of rotatable bonds is 1. The fourth-order valence-corrected chi connectivity index (χ4v) is 1.52. The molecule has 0 heterocycles. The molecule has 4 heteroatoms. The predicted octanol–water partition coefficient (Wildman–Crippen LogP) is 2.80. The van der Waals surface area contributed by atoms with Gasteiger partial charge in [0.1, 0.15) is 0 Å². The number of nitrogens with one attached hydrogen (secondary N) is 1. The molecule has 2 aromatic rings. The lowest BCUT2D eigenvalue weighted by Crippen LogP contribution is -2.06. The number of benzene rings is 2. The molecule has 0 aliphatic rings. The molecule has 0 fully saturated rings. The summed E-state index contributed by atoms with van der Waals surface area (Å²) in [5.74, 6) is 0. The molecule has 0 spiro atoms. The Kier molecular flexibility index (Phi) is 2.44. The van der Waals surface area contributed by atoms with Gasteiger partial charge in [-0.05, 0) is 35.0 Å². The van der Waals surface area contributed by atoms with Crippen molar-refractivity contribution < 1.29 is 9.90 Å². The van der Waals surface area contributed by atoms with Crippen LogP contribution in [0, 0.1) is 11.3 Å². The van der Waals surface area contributed by atoms with Gasteiger partial charge in [0.05, 0.1) is 11.6 Å². The summed E-state index contributed by atoms with van der Waals surface area (Å²) in [4.78, 5) is 10.5. The second-order valence-electron chi connectivity index (χ2n) is 3.32. The highest BCUT2D eigenvalue weighted by Gasteiger charge is 2.00. The number of hydrogen-bond acceptors (Lipinski definition) is 2. The van der Waals surface area contributed by atoms with E-state index in [9.17, 15) is 4.79 Å². The van der Waals surface area contributed by atoms with Gasteiger partial charge >= 0.3 is 6.09 Å². The van der Waals surface area contributed by atoms with E-state index in [1.165, 1.54) is 0 Å². The maximum atomic E-state index is 10.5. The molecule has 16 heavy (non-hydrogen) atoms. The second-order valence-corrected chi connectivity index (χ2v) is 3.32. The molecule has 0 aromatic heterocycles. The Labute approximate surface area is 91.7 Å². The van der Waals surface area contributed by atoms with Crippen molar-refractivity contribution in [2.24, 2.45) is 0 Å². The van der Waals surface area contributed by atoms with Gasteiger partial charge in [0, 0.05) is 5.69 Å². The number of hydrogen-bond donors (Lipinski definition) is 2. The lowest BCUT2D eigenvalue weighted by atomic mass is 10.1. The largest absolute Gasteiger partial charge is 0.465 e. The number of fused-ring (bicyclic) bond motifs is 1. The van der Waals surface area contributed by atoms with Gasteiger partial charge in [0.2, 0.25) is 0 Å². The summed E-state index contributed by atoms with van der Waals surface area (Å²) in [6.45, 7) is 0. The Morgan fingerprint density at radius 2 is 1.88 bits per heavy atom. The molecule has 78 valence electrons. The van der Waals surface area contributed by atoms with E-state index in [4.69, 9.17) is 10.4 Å². The zero-order chi connectivity index (χ0) is 11.5. The topological polar surface area (TPSA) is 73.1 Å². The number of carbonyl (C=O) groups is 1. The summed E-state index contributed by atoms with van der Waals surface area (Å²) >= 11 is 0. The normalized spacial score (nSPS) is 9.69. The third-order valence-electron chi connectivity index (χ3n) is 2.22. The third-order valence-corrected chi connectivity index (χ3v) is 2.22. The minimum Gasteiger partial charge on any atom is -0.465 e. The van der Waals surface area contributed by atoms with Gasteiger partial charge in [0.15, 0.2) is 0 Å². The Bertz CT molecular complexity index is 599. The first-order chi connectivity index (χ1) is 7.69. The zero-order valence-corrected chi connectivity index (χ0v) is 8.27. The molecular weight excluding hydrogens is 204 g/mol. The van der Waals surface area contributed by atoms with Crippen LogP contribution in [0.25, 0.3) is 10.8 Å². The number of nitriles is 1. The molecule has 0 bridgehead atoms. The Hall–Kier alpha value is -2.54. The van der Waals surface area contributed by atoms with Crippen LogP contribution < -0.4 is 5.32 Å². The van der Waals surface area contributed by atoms with E-state index in [0.717, 1.165) is 10.8 Å². The van der Waals surface area contributed by atoms with E-state index in [1.807, 2.05) is 0 Å². The van der Waals surface area contributed by atoms with Crippen molar-refractivity contribution in [3.8, 4) is 6.07 Å². The maximum absolute atomic E-state index is 10.5. The molecule has 2 rings (SSSR count). The molecule has 0 aliphatic carbocycles. The fraction of sp³-hybridized carbons (Fsp3) is 0. The van der Waals surface area contributed by atoms with E-state index in [-0.39, 0.29) is 0 Å². The van der Waals surface area contributed by atoms with Crippen LogP contribution in [-0.4, -0.2) is 11.2 Å². The standard InChI is InChI=1S/C12H8N2O2/c13-7-8-1-2-10-6-11(14-12(15)16)4-3-9(10)5-8/h1-6,14H,(H,15,16). The van der Waals surface area contributed by atoms with E-state index < -0.39 is 6.09 Å². The molecule has 0 saturated carbocycles. The number of amides is 1. The number of anilines is 1. The molecule has 0 saturated heterocycles. The second kappa shape index (κ2) is 3.91. The predicted molar refractivity (Wildman–Crippen MR) is 60.3 cm³/mol. The summed E-state index contributed by atoms with van der Waals surface area (Å²) in [7, 11) is 0. The molecule has 4 nitrogen and oxygen atoms in total. The maximum Gasteiger partial charge on any atom is 0.409 e. The highest BCUT2D eigenvalue weighted by atomic mass is 16.4. The first-order valence-electron chi connectivity index (χ1n) is 4.63. The van der Waals surface area contributed by atoms with Crippen molar-refractivity contribution in [1.29, 1.82) is 5.26 Å². The quantitative estimate of drug-likeness (QED) is 0.763. The SMILES string of the molecule is N#Cc1ccc2cc(NC(=O)O)ccc2c1. The van der Waals surface area contributed by atoms with Crippen molar-refractivity contribution >= 4 is 22.6 Å². The van der Waals surface area contributed by atoms with Crippen molar-refractivity contribution in [2.45, 2.75) is 0 Å². The molecule has 2 N–H and O–H groups in total. The smallest absolute Gasteiger partial charge is 0.409 e. The summed E-state index contributed by atoms with van der Waals surface area (Å²) in [5.41, 5.74) is 1.11. The highest BCUT2D eigenvalue weighted by Crippen LogP contribution is 2.20. The third kappa shape index (κ3) is 1.93. The molecule has 0 radical (unpaired) electrons. The fourth-order valence-electron chi connectivity index (χ4n) is 1.52. The minimum atomic E-state index is -1.09. The highest BCUT2D eigenvalue weighted by molar-refractivity contribution is 5.91. The molecule has 1 amide bonds. The van der Waals surface area contributed by atoms with Gasteiger partial charge in [-0.15, -0.1) is 0 Å². The monoisotopic (exact) mass is 212 g/mol. The van der Waals surface area contributed by atoms with Crippen molar-refractivity contribution in [3.63, 3.8) is 0 Å². The summed E-state index contributed by atoms with van der Waals surface area (Å²) < 4.78 is 0. The van der Waals surface area contributed by atoms with E-state index in [2.05, 4.69) is 11.4 Å². The van der Waals surface area contributed by atoms with Crippen LogP contribution in [-0.2, 0) is 0 Å². The van der Waals surface area contributed by atoms with Gasteiger partial charge < -0.3 is 5.11 Å². The van der Waals surface area contributed by atoms with Crippen LogP contribution in [0.2, 0.25) is 0 Å². The van der Waals surface area contributed by atoms with Crippen LogP contribution in [0.15, 0.2) is 36.4 Å². The first kappa shape index (κ1) is 9.99. The number of nitrogens with zero attached hydrogens (tertiary/aromatic N) is 1. The van der Waals surface area contributed by atoms with Gasteiger partial charge in [0.25, 0.3) is 0 Å². The summed E-state index contributed by atoms with van der Waals surface area (Å²) in [6, 6.07) is 12.5. The van der Waals surface area contributed by atoms with Crippen LogP contribution in [0.1, 0.15) is 5.56 Å². The lowest BCUT2D eigenvalue weighted by molar-refractivity contribution is 0.210. The minimum absolute atomic E-state index is 0.518. The molecule has 0 atom stereocenters. The Morgan fingerprint density at radius 1 is 1.19 bits per heavy atom. The van der Waals surface area contributed by atoms with Gasteiger partial charge in [-0.25, -0.2) is 4.79 Å². The van der Waals surface area contributed by atoms with Crippen LogP contribution in [0.5, 0.6) is 0 Å².